The largest absolute Gasteiger partial charge is 0.372 e. The van der Waals surface area contributed by atoms with Crippen LogP contribution < -0.4 is 5.32 Å². The number of aromatic nitrogens is 1. The zero-order valence-electron chi connectivity index (χ0n) is 9.75. The number of nitrogens with one attached hydrogen (secondary N) is 1. The number of pyridine rings is 1. The second-order valence-electron chi connectivity index (χ2n) is 4.27. The summed E-state index contributed by atoms with van der Waals surface area (Å²) >= 11 is 6.99. The van der Waals surface area contributed by atoms with Crippen LogP contribution in [0.1, 0.15) is 24.6 Å². The first-order chi connectivity index (χ1) is 8.22. The molecule has 0 spiro atoms. The summed E-state index contributed by atoms with van der Waals surface area (Å²) in [5.74, 6) is 0.499. The molecular weight excluding hydrogens is 348 g/mol. The first-order valence-electron chi connectivity index (χ1n) is 5.79. The van der Waals surface area contributed by atoms with Crippen LogP contribution in [-0.2, 0) is 4.74 Å². The molecule has 1 saturated heterocycles. The summed E-state index contributed by atoms with van der Waals surface area (Å²) in [5.41, 5.74) is 1.01. The van der Waals surface area contributed by atoms with Crippen molar-refractivity contribution in [3.05, 3.63) is 26.9 Å². The minimum Gasteiger partial charge on any atom is -0.372 e. The molecule has 1 N–H and O–H groups in total. The van der Waals surface area contributed by atoms with E-state index in [0.717, 1.165) is 34.2 Å². The topological polar surface area (TPSA) is 34.1 Å². The minimum absolute atomic E-state index is 0.0960. The van der Waals surface area contributed by atoms with Crippen molar-refractivity contribution in [1.29, 1.82) is 0 Å². The predicted octanol–water partition coefficient (Wildman–Crippen LogP) is 3.29. The highest BCUT2D eigenvalue weighted by molar-refractivity contribution is 9.11. The van der Waals surface area contributed by atoms with Gasteiger partial charge < -0.3 is 10.1 Å². The average Bonchev–Trinajstić information content (AvgIpc) is 2.31. The zero-order chi connectivity index (χ0) is 12.3. The van der Waals surface area contributed by atoms with Gasteiger partial charge in [0.2, 0.25) is 0 Å². The Morgan fingerprint density at radius 1 is 1.53 bits per heavy atom. The van der Waals surface area contributed by atoms with Gasteiger partial charge in [0, 0.05) is 34.2 Å². The van der Waals surface area contributed by atoms with Crippen LogP contribution in [0, 0.1) is 5.92 Å². The van der Waals surface area contributed by atoms with Crippen LogP contribution >= 0.6 is 31.9 Å². The molecule has 3 nitrogen and oxygen atoms in total. The highest BCUT2D eigenvalue weighted by atomic mass is 79.9. The van der Waals surface area contributed by atoms with Crippen LogP contribution in [-0.4, -0.2) is 25.2 Å². The summed E-state index contributed by atoms with van der Waals surface area (Å²) in [6.07, 6.45) is 4.25. The van der Waals surface area contributed by atoms with Gasteiger partial charge in [-0.2, -0.15) is 0 Å². The summed E-state index contributed by atoms with van der Waals surface area (Å²) in [4.78, 5) is 4.49. The fourth-order valence-electron chi connectivity index (χ4n) is 2.25. The normalized spacial score (nSPS) is 24.9. The summed E-state index contributed by atoms with van der Waals surface area (Å²) in [6, 6.07) is 2.02. The van der Waals surface area contributed by atoms with Crippen LogP contribution in [0.15, 0.2) is 21.2 Å². The Morgan fingerprint density at radius 2 is 2.35 bits per heavy atom. The Morgan fingerprint density at radius 3 is 3.06 bits per heavy atom. The fourth-order valence-corrected chi connectivity index (χ4v) is 3.46. The van der Waals surface area contributed by atoms with E-state index in [-0.39, 0.29) is 6.10 Å². The molecule has 0 aromatic carbocycles. The molecule has 0 aliphatic carbocycles. The molecule has 0 amide bonds. The standard InChI is InChI=1S/C12H16Br2N2O/c1-15-6-8-3-2-4-17-12(8)11-10(14)5-9(13)7-16-11/h5,7-8,12,15H,2-4,6H2,1H3. The van der Waals surface area contributed by atoms with E-state index in [2.05, 4.69) is 42.2 Å². The van der Waals surface area contributed by atoms with Crippen LogP contribution in [0.4, 0.5) is 0 Å². The Labute approximate surface area is 119 Å². The SMILES string of the molecule is CNCC1CCCOC1c1ncc(Br)cc1Br. The van der Waals surface area contributed by atoms with Crippen molar-refractivity contribution in [3.63, 3.8) is 0 Å². The third-order valence-electron chi connectivity index (χ3n) is 3.02. The van der Waals surface area contributed by atoms with Gasteiger partial charge in [-0.3, -0.25) is 4.98 Å². The van der Waals surface area contributed by atoms with E-state index in [1.54, 1.807) is 0 Å². The fraction of sp³-hybridized carbons (Fsp3) is 0.583. The lowest BCUT2D eigenvalue weighted by Gasteiger charge is -2.31. The van der Waals surface area contributed by atoms with Gasteiger partial charge in [-0.25, -0.2) is 0 Å². The number of hydrogen-bond acceptors (Lipinski definition) is 3. The Hall–Kier alpha value is 0.0300. The summed E-state index contributed by atoms with van der Waals surface area (Å²) in [5, 5.41) is 3.24. The second kappa shape index (κ2) is 6.27. The molecule has 0 radical (unpaired) electrons. The van der Waals surface area contributed by atoms with E-state index in [1.165, 1.54) is 6.42 Å². The smallest absolute Gasteiger partial charge is 0.105 e. The first kappa shape index (κ1) is 13.5. The van der Waals surface area contributed by atoms with Crippen molar-refractivity contribution in [1.82, 2.24) is 10.3 Å². The molecule has 1 fully saturated rings. The number of rotatable bonds is 3. The zero-order valence-corrected chi connectivity index (χ0v) is 12.9. The first-order valence-corrected chi connectivity index (χ1v) is 7.38. The third kappa shape index (κ3) is 3.28. The van der Waals surface area contributed by atoms with Gasteiger partial charge in [-0.1, -0.05) is 0 Å². The van der Waals surface area contributed by atoms with Gasteiger partial charge in [0.1, 0.15) is 6.10 Å². The van der Waals surface area contributed by atoms with Crippen molar-refractivity contribution in [2.24, 2.45) is 5.92 Å². The summed E-state index contributed by atoms with van der Waals surface area (Å²) < 4.78 is 7.90. The Bertz CT molecular complexity index is 385. The maximum absolute atomic E-state index is 5.90. The van der Waals surface area contributed by atoms with Gasteiger partial charge in [0.05, 0.1) is 5.69 Å². The van der Waals surface area contributed by atoms with Crippen LogP contribution in [0.5, 0.6) is 0 Å². The van der Waals surface area contributed by atoms with Crippen molar-refractivity contribution in [3.8, 4) is 0 Å². The van der Waals surface area contributed by atoms with Crippen LogP contribution in [0.25, 0.3) is 0 Å². The monoisotopic (exact) mass is 362 g/mol. The van der Waals surface area contributed by atoms with E-state index in [4.69, 9.17) is 4.74 Å². The molecule has 1 aliphatic heterocycles. The molecule has 2 unspecified atom stereocenters. The van der Waals surface area contributed by atoms with Gasteiger partial charge in [0.15, 0.2) is 0 Å². The van der Waals surface area contributed by atoms with Crippen molar-refractivity contribution in [2.45, 2.75) is 18.9 Å². The maximum Gasteiger partial charge on any atom is 0.105 e. The molecule has 2 heterocycles. The highest BCUT2D eigenvalue weighted by Crippen LogP contribution is 2.36. The molecular formula is C12H16Br2N2O. The Kier molecular flexibility index (Phi) is 4.97. The molecule has 2 rings (SSSR count). The van der Waals surface area contributed by atoms with E-state index >= 15 is 0 Å². The molecule has 0 saturated carbocycles. The van der Waals surface area contributed by atoms with E-state index in [1.807, 2.05) is 19.3 Å². The van der Waals surface area contributed by atoms with Crippen LogP contribution in [0.3, 0.4) is 0 Å². The molecule has 0 bridgehead atoms. The molecule has 1 aliphatic rings. The van der Waals surface area contributed by atoms with Crippen molar-refractivity contribution in [2.75, 3.05) is 20.2 Å². The van der Waals surface area contributed by atoms with E-state index in [9.17, 15) is 0 Å². The number of nitrogens with zero attached hydrogens (tertiary/aromatic N) is 1. The highest BCUT2D eigenvalue weighted by Gasteiger charge is 2.29. The lowest BCUT2D eigenvalue weighted by atomic mass is 9.92. The summed E-state index contributed by atoms with van der Waals surface area (Å²) in [6.45, 7) is 1.80. The molecule has 17 heavy (non-hydrogen) atoms. The molecule has 5 heteroatoms. The molecule has 1 aromatic heterocycles. The van der Waals surface area contributed by atoms with Gasteiger partial charge in [-0.15, -0.1) is 0 Å². The number of halogens is 2. The summed E-state index contributed by atoms with van der Waals surface area (Å²) in [7, 11) is 1.98. The lowest BCUT2D eigenvalue weighted by Crippen LogP contribution is -2.31. The van der Waals surface area contributed by atoms with Gasteiger partial charge in [0.25, 0.3) is 0 Å². The third-order valence-corrected chi connectivity index (χ3v) is 4.09. The van der Waals surface area contributed by atoms with Gasteiger partial charge in [-0.05, 0) is 57.8 Å². The minimum atomic E-state index is 0.0960. The lowest BCUT2D eigenvalue weighted by molar-refractivity contribution is -0.0301. The molecule has 94 valence electrons. The van der Waals surface area contributed by atoms with Gasteiger partial charge >= 0.3 is 0 Å². The van der Waals surface area contributed by atoms with Crippen molar-refractivity contribution >= 4 is 31.9 Å². The van der Waals surface area contributed by atoms with E-state index in [0.29, 0.717) is 5.92 Å². The molecule has 1 aromatic rings. The van der Waals surface area contributed by atoms with E-state index < -0.39 is 0 Å². The average molecular weight is 364 g/mol. The second-order valence-corrected chi connectivity index (χ2v) is 6.04. The maximum atomic E-state index is 5.90. The van der Waals surface area contributed by atoms with Crippen molar-refractivity contribution < 1.29 is 4.74 Å². The Balaban J connectivity index is 2.23. The van der Waals surface area contributed by atoms with Crippen LogP contribution in [0.2, 0.25) is 0 Å². The molecule has 2 atom stereocenters. The number of ether oxygens (including phenoxy) is 1. The quantitative estimate of drug-likeness (QED) is 0.894. The predicted molar refractivity (Wildman–Crippen MR) is 75.0 cm³/mol. The number of hydrogen-bond donors (Lipinski definition) is 1.